The summed E-state index contributed by atoms with van der Waals surface area (Å²) in [6, 6.07) is 9.76. The van der Waals surface area contributed by atoms with Crippen molar-refractivity contribution >= 4 is 23.3 Å². The molecule has 0 N–H and O–H groups in total. The summed E-state index contributed by atoms with van der Waals surface area (Å²) in [5.41, 5.74) is 2.42. The predicted molar refractivity (Wildman–Crippen MR) is 92.1 cm³/mol. The van der Waals surface area contributed by atoms with Crippen molar-refractivity contribution in [3.63, 3.8) is 0 Å². The van der Waals surface area contributed by atoms with Crippen molar-refractivity contribution in [1.29, 1.82) is 0 Å². The van der Waals surface area contributed by atoms with Crippen LogP contribution in [0.1, 0.15) is 16.8 Å². The first kappa shape index (κ1) is 15.2. The summed E-state index contributed by atoms with van der Waals surface area (Å²) in [5.74, 6) is -0.00524. The van der Waals surface area contributed by atoms with Crippen LogP contribution in [-0.2, 0) is 4.74 Å². The van der Waals surface area contributed by atoms with E-state index in [0.29, 0.717) is 31.6 Å². The lowest BCUT2D eigenvalue weighted by Crippen LogP contribution is -2.39. The highest BCUT2D eigenvalue weighted by Crippen LogP contribution is 2.32. The van der Waals surface area contributed by atoms with E-state index in [2.05, 4.69) is 11.4 Å². The molecule has 0 radical (unpaired) electrons. The largest absolute Gasteiger partial charge is 0.439 e. The average Bonchev–Trinajstić information content (AvgIpc) is 3.29. The lowest BCUT2D eigenvalue weighted by Gasteiger charge is -2.21. The van der Waals surface area contributed by atoms with E-state index in [9.17, 15) is 9.59 Å². The van der Waals surface area contributed by atoms with Crippen molar-refractivity contribution in [3.05, 3.63) is 46.7 Å². The minimum Gasteiger partial charge on any atom is -0.439 e. The van der Waals surface area contributed by atoms with Crippen LogP contribution in [0.25, 0.3) is 11.1 Å². The topological polar surface area (TPSA) is 49.9 Å². The van der Waals surface area contributed by atoms with E-state index in [-0.39, 0.29) is 12.0 Å². The highest BCUT2D eigenvalue weighted by Gasteiger charge is 2.49. The third-order valence-electron chi connectivity index (χ3n) is 4.73. The molecule has 2 aliphatic heterocycles. The van der Waals surface area contributed by atoms with Crippen molar-refractivity contribution in [2.75, 3.05) is 26.7 Å². The van der Waals surface area contributed by atoms with Crippen LogP contribution in [0.4, 0.5) is 4.79 Å². The van der Waals surface area contributed by atoms with Crippen LogP contribution in [0.2, 0.25) is 0 Å². The zero-order valence-electron chi connectivity index (χ0n) is 13.4. The third-order valence-corrected chi connectivity index (χ3v) is 5.41. The molecule has 4 rings (SSSR count). The lowest BCUT2D eigenvalue weighted by molar-refractivity contribution is 0.0553. The molecule has 0 unspecified atom stereocenters. The van der Waals surface area contributed by atoms with E-state index in [1.807, 2.05) is 29.6 Å². The first-order chi connectivity index (χ1) is 11.6. The maximum absolute atomic E-state index is 12.7. The summed E-state index contributed by atoms with van der Waals surface area (Å²) in [6.45, 7) is 1.63. The van der Waals surface area contributed by atoms with E-state index in [1.165, 1.54) is 5.56 Å². The summed E-state index contributed by atoms with van der Waals surface area (Å²) in [6.07, 6.45) is 0.395. The van der Waals surface area contributed by atoms with E-state index >= 15 is 0 Å². The van der Waals surface area contributed by atoms with Gasteiger partial charge in [-0.1, -0.05) is 12.1 Å². The number of likely N-dealkylation sites (tertiary alicyclic amines) is 1. The monoisotopic (exact) mass is 342 g/mol. The van der Waals surface area contributed by atoms with Crippen molar-refractivity contribution in [3.8, 4) is 11.1 Å². The van der Waals surface area contributed by atoms with Crippen molar-refractivity contribution in [2.24, 2.45) is 0 Å². The smallest absolute Gasteiger partial charge is 0.410 e. The van der Waals surface area contributed by atoms with Gasteiger partial charge in [-0.2, -0.15) is 11.3 Å². The van der Waals surface area contributed by atoms with Gasteiger partial charge < -0.3 is 14.5 Å². The number of hydrogen-bond donors (Lipinski definition) is 0. The number of thiophene rings is 1. The van der Waals surface area contributed by atoms with E-state index in [0.717, 1.165) is 5.56 Å². The van der Waals surface area contributed by atoms with Gasteiger partial charge in [0, 0.05) is 25.6 Å². The maximum Gasteiger partial charge on any atom is 0.410 e. The van der Waals surface area contributed by atoms with Gasteiger partial charge in [0.15, 0.2) is 5.60 Å². The van der Waals surface area contributed by atoms with Crippen LogP contribution in [0, 0.1) is 0 Å². The van der Waals surface area contributed by atoms with Crippen molar-refractivity contribution < 1.29 is 14.3 Å². The molecular formula is C18H18N2O3S. The summed E-state index contributed by atoms with van der Waals surface area (Å²) < 4.78 is 5.50. The molecule has 1 atom stereocenters. The Hall–Kier alpha value is -2.34. The molecular weight excluding hydrogens is 324 g/mol. The molecule has 0 aliphatic carbocycles. The lowest BCUT2D eigenvalue weighted by atomic mass is 10.0. The number of nitrogens with zero attached hydrogens (tertiary/aromatic N) is 2. The van der Waals surface area contributed by atoms with Gasteiger partial charge >= 0.3 is 6.09 Å². The summed E-state index contributed by atoms with van der Waals surface area (Å²) in [7, 11) is 1.73. The van der Waals surface area contributed by atoms with Gasteiger partial charge in [0.05, 0.1) is 13.1 Å². The Morgan fingerprint density at radius 2 is 1.96 bits per heavy atom. The average molecular weight is 342 g/mol. The highest BCUT2D eigenvalue weighted by atomic mass is 32.1. The first-order valence-electron chi connectivity index (χ1n) is 7.92. The molecule has 2 fully saturated rings. The van der Waals surface area contributed by atoms with Gasteiger partial charge in [-0.3, -0.25) is 4.79 Å². The zero-order chi connectivity index (χ0) is 16.7. The normalized spacial score (nSPS) is 23.1. The first-order valence-corrected chi connectivity index (χ1v) is 8.87. The Kier molecular flexibility index (Phi) is 3.57. The molecule has 6 heteroatoms. The van der Waals surface area contributed by atoms with Crippen LogP contribution in [-0.4, -0.2) is 54.1 Å². The zero-order valence-corrected chi connectivity index (χ0v) is 14.2. The summed E-state index contributed by atoms with van der Waals surface area (Å²) >= 11 is 1.66. The molecule has 3 heterocycles. The Morgan fingerprint density at radius 3 is 2.58 bits per heavy atom. The molecule has 2 amide bonds. The number of likely N-dealkylation sites (N-methyl/N-ethyl adjacent to an activating group) is 1. The van der Waals surface area contributed by atoms with Crippen LogP contribution in [0.5, 0.6) is 0 Å². The summed E-state index contributed by atoms with van der Waals surface area (Å²) in [4.78, 5) is 27.7. The van der Waals surface area contributed by atoms with E-state index in [1.54, 1.807) is 28.2 Å². The second kappa shape index (κ2) is 5.63. The van der Waals surface area contributed by atoms with Crippen LogP contribution in [0.3, 0.4) is 0 Å². The minimum absolute atomic E-state index is 0.00524. The predicted octanol–water partition coefficient (Wildman–Crippen LogP) is 3.08. The number of carbonyl (C=O) groups excluding carboxylic acids is 2. The fraction of sp³-hybridized carbons (Fsp3) is 0.333. The van der Waals surface area contributed by atoms with Gasteiger partial charge in [-0.05, 0) is 40.1 Å². The van der Waals surface area contributed by atoms with E-state index < -0.39 is 5.60 Å². The molecule has 0 bridgehead atoms. The van der Waals surface area contributed by atoms with Crippen LogP contribution < -0.4 is 0 Å². The number of ether oxygens (including phenoxy) is 1. The van der Waals surface area contributed by atoms with Gasteiger partial charge in [-0.25, -0.2) is 4.79 Å². The Morgan fingerprint density at radius 1 is 1.17 bits per heavy atom. The Bertz CT molecular complexity index is 772. The SMILES string of the molecule is CN1C[C@@]2(CCN(C(=O)c3ccc(-c4ccsc4)cc3)C2)OC1=O. The molecule has 1 spiro atoms. The molecule has 2 aromatic rings. The molecule has 1 aromatic carbocycles. The standard InChI is InChI=1S/C18H18N2O3S/c1-19-11-18(23-17(19)22)7-8-20(12-18)16(21)14-4-2-13(3-5-14)15-6-9-24-10-15/h2-6,9-10H,7-8,11-12H2,1H3/t18-/m1/s1. The van der Waals surface area contributed by atoms with Gasteiger partial charge in [0.2, 0.25) is 0 Å². The Balaban J connectivity index is 1.48. The number of carbonyl (C=O) groups is 2. The maximum atomic E-state index is 12.7. The second-order valence-corrected chi connectivity index (χ2v) is 7.25. The molecule has 2 aliphatic rings. The summed E-state index contributed by atoms with van der Waals surface area (Å²) in [5, 5.41) is 4.13. The molecule has 5 nitrogen and oxygen atoms in total. The van der Waals surface area contributed by atoms with Gasteiger partial charge in [0.1, 0.15) is 0 Å². The molecule has 2 saturated heterocycles. The number of rotatable bonds is 2. The highest BCUT2D eigenvalue weighted by molar-refractivity contribution is 7.08. The van der Waals surface area contributed by atoms with Crippen LogP contribution >= 0.6 is 11.3 Å². The third kappa shape index (κ3) is 2.57. The quantitative estimate of drug-likeness (QED) is 0.843. The number of benzene rings is 1. The number of amides is 2. The van der Waals surface area contributed by atoms with Gasteiger partial charge in [-0.15, -0.1) is 0 Å². The molecule has 124 valence electrons. The molecule has 24 heavy (non-hydrogen) atoms. The Labute approximate surface area is 144 Å². The number of hydrogen-bond acceptors (Lipinski definition) is 4. The second-order valence-electron chi connectivity index (χ2n) is 6.47. The van der Waals surface area contributed by atoms with Gasteiger partial charge in [0.25, 0.3) is 5.91 Å². The van der Waals surface area contributed by atoms with Crippen molar-refractivity contribution in [1.82, 2.24) is 9.80 Å². The van der Waals surface area contributed by atoms with Crippen LogP contribution in [0.15, 0.2) is 41.1 Å². The minimum atomic E-state index is -0.530. The molecule has 0 saturated carbocycles. The molecule has 1 aromatic heterocycles. The fourth-order valence-electron chi connectivity index (χ4n) is 3.44. The van der Waals surface area contributed by atoms with E-state index in [4.69, 9.17) is 4.74 Å². The van der Waals surface area contributed by atoms with Crippen molar-refractivity contribution in [2.45, 2.75) is 12.0 Å². The fourth-order valence-corrected chi connectivity index (χ4v) is 4.10.